The van der Waals surface area contributed by atoms with Crippen LogP contribution in [-0.4, -0.2) is 49.6 Å². The minimum atomic E-state index is -1.07. The fourth-order valence-electron chi connectivity index (χ4n) is 2.38. The van der Waals surface area contributed by atoms with Crippen LogP contribution in [0.3, 0.4) is 0 Å². The van der Waals surface area contributed by atoms with Crippen molar-refractivity contribution in [2.24, 2.45) is 11.7 Å². The molecule has 1 heterocycles. The molecule has 18 heavy (non-hydrogen) atoms. The van der Waals surface area contributed by atoms with Crippen LogP contribution >= 0.6 is 0 Å². The molecule has 8 nitrogen and oxygen atoms in total. The molecular formula is C10H16N4O4. The van der Waals surface area contributed by atoms with Crippen LogP contribution < -0.4 is 11.5 Å². The summed E-state index contributed by atoms with van der Waals surface area (Å²) in [5, 5.41) is 28.7. The van der Waals surface area contributed by atoms with E-state index in [1.807, 2.05) is 0 Å². The van der Waals surface area contributed by atoms with Gasteiger partial charge in [-0.15, -0.1) is 0 Å². The second-order valence-electron chi connectivity index (χ2n) is 4.48. The smallest absolute Gasteiger partial charge is 0.271 e. The average Bonchev–Trinajstić information content (AvgIpc) is 2.82. The Balaban J connectivity index is 2.30. The molecule has 1 aliphatic carbocycles. The number of carbonyl (C=O) groups is 1. The highest BCUT2D eigenvalue weighted by molar-refractivity contribution is 5.95. The summed E-state index contributed by atoms with van der Waals surface area (Å²) in [5.41, 5.74) is 10.8. The van der Waals surface area contributed by atoms with E-state index in [2.05, 4.69) is 4.98 Å². The molecule has 0 aliphatic heterocycles. The number of amides is 1. The van der Waals surface area contributed by atoms with Crippen LogP contribution in [0, 0.1) is 5.92 Å². The minimum absolute atomic E-state index is 0.0531. The zero-order valence-corrected chi connectivity index (χ0v) is 9.60. The number of aliphatic hydroxyl groups excluding tert-OH is 3. The maximum absolute atomic E-state index is 11.0. The second-order valence-corrected chi connectivity index (χ2v) is 4.48. The number of aromatic nitrogens is 2. The van der Waals surface area contributed by atoms with Crippen LogP contribution in [0.15, 0.2) is 6.33 Å². The third-order valence-electron chi connectivity index (χ3n) is 3.43. The minimum Gasteiger partial charge on any atom is -0.396 e. The molecular weight excluding hydrogens is 240 g/mol. The number of nitrogens with two attached hydrogens (primary N) is 2. The first kappa shape index (κ1) is 12.8. The van der Waals surface area contributed by atoms with E-state index in [0.717, 1.165) is 0 Å². The van der Waals surface area contributed by atoms with Crippen molar-refractivity contribution in [2.45, 2.75) is 24.7 Å². The first-order valence-electron chi connectivity index (χ1n) is 5.56. The van der Waals surface area contributed by atoms with Gasteiger partial charge >= 0.3 is 0 Å². The molecule has 1 aromatic heterocycles. The summed E-state index contributed by atoms with van der Waals surface area (Å²) in [6, 6.07) is -0.530. The fraction of sp³-hybridized carbons (Fsp3) is 0.600. The van der Waals surface area contributed by atoms with Crippen molar-refractivity contribution >= 4 is 11.7 Å². The van der Waals surface area contributed by atoms with E-state index < -0.39 is 30.1 Å². The lowest BCUT2D eigenvalue weighted by molar-refractivity contribution is -0.00385. The topological polar surface area (TPSA) is 148 Å². The summed E-state index contributed by atoms with van der Waals surface area (Å²) < 4.78 is 1.41. The lowest BCUT2D eigenvalue weighted by Crippen LogP contribution is -2.30. The van der Waals surface area contributed by atoms with Gasteiger partial charge in [0.15, 0.2) is 5.69 Å². The first-order chi connectivity index (χ1) is 8.47. The molecule has 4 atom stereocenters. The van der Waals surface area contributed by atoms with Crippen molar-refractivity contribution < 1.29 is 20.1 Å². The number of rotatable bonds is 3. The van der Waals surface area contributed by atoms with Crippen molar-refractivity contribution in [1.29, 1.82) is 0 Å². The number of nitrogen functional groups attached to an aromatic ring is 1. The molecule has 0 spiro atoms. The van der Waals surface area contributed by atoms with Crippen LogP contribution in [0.5, 0.6) is 0 Å². The van der Waals surface area contributed by atoms with Gasteiger partial charge in [-0.1, -0.05) is 0 Å². The third-order valence-corrected chi connectivity index (χ3v) is 3.43. The summed E-state index contributed by atoms with van der Waals surface area (Å²) in [6.07, 6.45) is -0.453. The highest BCUT2D eigenvalue weighted by Crippen LogP contribution is 2.36. The second kappa shape index (κ2) is 4.56. The number of anilines is 1. The molecule has 7 N–H and O–H groups in total. The van der Waals surface area contributed by atoms with Gasteiger partial charge in [0.05, 0.1) is 18.5 Å². The maximum Gasteiger partial charge on any atom is 0.271 e. The number of imidazole rings is 1. The lowest BCUT2D eigenvalue weighted by atomic mass is 10.1. The van der Waals surface area contributed by atoms with Crippen LogP contribution in [0.1, 0.15) is 23.0 Å². The van der Waals surface area contributed by atoms with E-state index in [1.54, 1.807) is 0 Å². The van der Waals surface area contributed by atoms with Crippen LogP contribution in [0.4, 0.5) is 5.82 Å². The highest BCUT2D eigenvalue weighted by Gasteiger charge is 2.42. The predicted molar refractivity (Wildman–Crippen MR) is 61.4 cm³/mol. The Morgan fingerprint density at radius 2 is 2.17 bits per heavy atom. The molecule has 100 valence electrons. The van der Waals surface area contributed by atoms with E-state index in [9.17, 15) is 15.0 Å². The molecule has 0 radical (unpaired) electrons. The van der Waals surface area contributed by atoms with E-state index in [1.165, 1.54) is 10.9 Å². The maximum atomic E-state index is 11.0. The molecule has 1 saturated carbocycles. The molecule has 1 amide bonds. The van der Waals surface area contributed by atoms with Gasteiger partial charge in [0.1, 0.15) is 11.9 Å². The largest absolute Gasteiger partial charge is 0.396 e. The van der Waals surface area contributed by atoms with Crippen molar-refractivity contribution in [3.63, 3.8) is 0 Å². The van der Waals surface area contributed by atoms with E-state index >= 15 is 0 Å². The fourth-order valence-corrected chi connectivity index (χ4v) is 2.38. The normalized spacial score (nSPS) is 31.7. The lowest BCUT2D eigenvalue weighted by Gasteiger charge is -2.18. The van der Waals surface area contributed by atoms with Gasteiger partial charge in [0.2, 0.25) is 0 Å². The van der Waals surface area contributed by atoms with Crippen LogP contribution in [0.2, 0.25) is 0 Å². The van der Waals surface area contributed by atoms with Crippen LogP contribution in [-0.2, 0) is 0 Å². The van der Waals surface area contributed by atoms with Gasteiger partial charge in [0, 0.05) is 12.5 Å². The zero-order chi connectivity index (χ0) is 13.4. The molecule has 0 unspecified atom stereocenters. The first-order valence-corrected chi connectivity index (χ1v) is 5.56. The molecule has 2 rings (SSSR count). The van der Waals surface area contributed by atoms with Crippen molar-refractivity contribution in [1.82, 2.24) is 9.55 Å². The average molecular weight is 256 g/mol. The molecule has 1 fully saturated rings. The Morgan fingerprint density at radius 3 is 2.61 bits per heavy atom. The van der Waals surface area contributed by atoms with Crippen molar-refractivity contribution in [3.8, 4) is 0 Å². The summed E-state index contributed by atoms with van der Waals surface area (Å²) in [6.45, 7) is -0.230. The molecule has 0 aromatic carbocycles. The van der Waals surface area contributed by atoms with Gasteiger partial charge in [-0.2, -0.15) is 0 Å². The molecule has 8 heteroatoms. The third kappa shape index (κ3) is 1.84. The highest BCUT2D eigenvalue weighted by atomic mass is 16.3. The summed E-state index contributed by atoms with van der Waals surface area (Å²) in [5.74, 6) is -1.13. The monoisotopic (exact) mass is 256 g/mol. The Morgan fingerprint density at radius 1 is 1.50 bits per heavy atom. The molecule has 1 aliphatic rings. The number of nitrogens with zero attached hydrogens (tertiary/aromatic N) is 2. The molecule has 1 aromatic rings. The van der Waals surface area contributed by atoms with Gasteiger partial charge in [-0.3, -0.25) is 4.79 Å². The Kier molecular flexibility index (Phi) is 3.24. The molecule has 0 saturated heterocycles. The Labute approximate surface area is 103 Å². The Hall–Kier alpha value is -1.64. The number of carbonyl (C=O) groups excluding carboxylic acids is 1. The summed E-state index contributed by atoms with van der Waals surface area (Å²) in [4.78, 5) is 14.8. The van der Waals surface area contributed by atoms with E-state index in [-0.39, 0.29) is 18.1 Å². The number of hydrogen-bond acceptors (Lipinski definition) is 6. The molecule has 0 bridgehead atoms. The number of primary amides is 1. The van der Waals surface area contributed by atoms with Gasteiger partial charge in [-0.05, 0) is 6.42 Å². The number of hydrogen-bond donors (Lipinski definition) is 5. The van der Waals surface area contributed by atoms with E-state index in [4.69, 9.17) is 16.6 Å². The van der Waals surface area contributed by atoms with E-state index in [0.29, 0.717) is 6.42 Å². The van der Waals surface area contributed by atoms with Gasteiger partial charge < -0.3 is 31.4 Å². The van der Waals surface area contributed by atoms with Crippen molar-refractivity contribution in [3.05, 3.63) is 12.0 Å². The van der Waals surface area contributed by atoms with Crippen molar-refractivity contribution in [2.75, 3.05) is 12.3 Å². The van der Waals surface area contributed by atoms with Crippen LogP contribution in [0.25, 0.3) is 0 Å². The zero-order valence-electron chi connectivity index (χ0n) is 9.60. The SMILES string of the molecule is NC(=O)c1ncn([C@@H]2C[C@H](CO)[C@@H](O)[C@H]2O)c1N. The predicted octanol–water partition coefficient (Wildman–Crippen LogP) is -2.16. The van der Waals surface area contributed by atoms with Gasteiger partial charge in [-0.25, -0.2) is 4.98 Å². The standard InChI is InChI=1S/C10H16N4O4/c11-9-6(10(12)18)13-3-14(9)5-1-4(2-15)7(16)8(5)17/h3-5,7-8,15-17H,1-2,11H2,(H2,12,18)/t4-,5-,7-,8+/m1/s1. The van der Waals surface area contributed by atoms with Gasteiger partial charge in [0.25, 0.3) is 5.91 Å². The summed E-state index contributed by atoms with van der Waals surface area (Å²) >= 11 is 0. The number of aliphatic hydroxyl groups is 3. The Bertz CT molecular complexity index is 461. The summed E-state index contributed by atoms with van der Waals surface area (Å²) in [7, 11) is 0. The quantitative estimate of drug-likeness (QED) is 0.416.